The quantitative estimate of drug-likeness (QED) is 0.389. The second-order valence-electron chi connectivity index (χ2n) is 8.73. The Morgan fingerprint density at radius 2 is 1.50 bits per heavy atom. The van der Waals surface area contributed by atoms with Crippen LogP contribution in [0, 0.1) is 6.85 Å². The Hall–Kier alpha value is -3.78. The van der Waals surface area contributed by atoms with Crippen LogP contribution < -0.4 is 11.2 Å². The standard InChI is InChI=1S/C29H28N2O5/c1-20-18-31(28(34)30-27(20)33)26-17-24(32)25(36-26)19-35-29(21-11-5-2-6-12-21,22-13-7-3-8-14-22)23-15-9-4-10-16-23/h2-16,18,24-26,32H,17,19H2,1H3,(H,30,33,34)/t24-,25-,26-/m1/s1/i1D3. The summed E-state index contributed by atoms with van der Waals surface area (Å²) in [6, 6.07) is 29.2. The molecule has 2 N–H and O–H groups in total. The summed E-state index contributed by atoms with van der Waals surface area (Å²) in [7, 11) is 0. The van der Waals surface area contributed by atoms with Crippen molar-refractivity contribution >= 4 is 0 Å². The fourth-order valence-electron chi connectivity index (χ4n) is 4.71. The number of nitrogens with one attached hydrogen (secondary N) is 1. The van der Waals surface area contributed by atoms with Crippen LogP contribution in [0.1, 0.15) is 39.0 Å². The van der Waals surface area contributed by atoms with Gasteiger partial charge in [0.2, 0.25) is 0 Å². The van der Waals surface area contributed by atoms with E-state index in [0.717, 1.165) is 27.5 Å². The molecule has 0 saturated carbocycles. The maximum Gasteiger partial charge on any atom is 0.330 e. The van der Waals surface area contributed by atoms with E-state index >= 15 is 0 Å². The number of hydrogen-bond acceptors (Lipinski definition) is 5. The van der Waals surface area contributed by atoms with E-state index in [9.17, 15) is 14.7 Å². The first kappa shape index (κ1) is 20.4. The molecule has 0 radical (unpaired) electrons. The fraction of sp³-hybridized carbons (Fsp3) is 0.241. The van der Waals surface area contributed by atoms with Gasteiger partial charge in [0.25, 0.3) is 5.56 Å². The van der Waals surface area contributed by atoms with Gasteiger partial charge >= 0.3 is 5.69 Å². The summed E-state index contributed by atoms with van der Waals surface area (Å²) >= 11 is 0. The summed E-state index contributed by atoms with van der Waals surface area (Å²) in [6.45, 7) is -2.76. The minimum absolute atomic E-state index is 0.00935. The van der Waals surface area contributed by atoms with Crippen LogP contribution in [0.3, 0.4) is 0 Å². The maximum atomic E-state index is 12.5. The van der Waals surface area contributed by atoms with Gasteiger partial charge in [-0.25, -0.2) is 4.79 Å². The zero-order valence-corrected chi connectivity index (χ0v) is 19.4. The van der Waals surface area contributed by atoms with Gasteiger partial charge in [0, 0.05) is 22.3 Å². The minimum Gasteiger partial charge on any atom is -0.390 e. The molecule has 1 aromatic heterocycles. The first-order valence-electron chi connectivity index (χ1n) is 13.2. The van der Waals surface area contributed by atoms with E-state index in [4.69, 9.17) is 13.6 Å². The molecular formula is C29H28N2O5. The Morgan fingerprint density at radius 3 is 2.00 bits per heavy atom. The molecule has 1 aliphatic heterocycles. The van der Waals surface area contributed by atoms with Crippen molar-refractivity contribution in [1.82, 2.24) is 9.55 Å². The van der Waals surface area contributed by atoms with Crippen LogP contribution in [0.2, 0.25) is 0 Å². The topological polar surface area (TPSA) is 93.6 Å². The van der Waals surface area contributed by atoms with Crippen LogP contribution in [-0.2, 0) is 15.1 Å². The van der Waals surface area contributed by atoms with E-state index in [2.05, 4.69) is 0 Å². The molecule has 0 aliphatic carbocycles. The van der Waals surface area contributed by atoms with Crippen molar-refractivity contribution in [2.75, 3.05) is 6.61 Å². The number of nitrogens with zero attached hydrogens (tertiary/aromatic N) is 1. The normalized spacial score (nSPS) is 21.5. The van der Waals surface area contributed by atoms with Crippen molar-refractivity contribution in [3.63, 3.8) is 0 Å². The summed E-state index contributed by atoms with van der Waals surface area (Å²) in [5, 5.41) is 10.9. The molecule has 2 heterocycles. The number of aliphatic hydroxyl groups excluding tert-OH is 1. The van der Waals surface area contributed by atoms with E-state index in [0.29, 0.717) is 0 Å². The molecule has 36 heavy (non-hydrogen) atoms. The molecule has 0 bridgehead atoms. The van der Waals surface area contributed by atoms with Gasteiger partial charge in [-0.05, 0) is 23.5 Å². The molecule has 1 aliphatic rings. The number of benzene rings is 3. The summed E-state index contributed by atoms with van der Waals surface area (Å²) in [6.07, 6.45) is -1.84. The van der Waals surface area contributed by atoms with Gasteiger partial charge in [0.05, 0.1) is 12.7 Å². The van der Waals surface area contributed by atoms with Crippen LogP contribution in [0.4, 0.5) is 0 Å². The highest BCUT2D eigenvalue weighted by molar-refractivity contribution is 5.47. The summed E-state index contributed by atoms with van der Waals surface area (Å²) in [5.41, 5.74) is -0.723. The van der Waals surface area contributed by atoms with Crippen LogP contribution in [0.5, 0.6) is 0 Å². The molecule has 0 amide bonds. The molecule has 0 unspecified atom stereocenters. The van der Waals surface area contributed by atoms with Gasteiger partial charge in [-0.15, -0.1) is 0 Å². The van der Waals surface area contributed by atoms with Gasteiger partial charge in [0.1, 0.15) is 17.9 Å². The predicted molar refractivity (Wildman–Crippen MR) is 136 cm³/mol. The smallest absolute Gasteiger partial charge is 0.330 e. The second kappa shape index (κ2) is 10.1. The number of aromatic amines is 1. The molecule has 5 rings (SSSR count). The number of ether oxygens (including phenoxy) is 2. The van der Waals surface area contributed by atoms with Crippen LogP contribution in [-0.4, -0.2) is 33.5 Å². The molecule has 184 valence electrons. The number of aryl methyl sites for hydroxylation is 1. The van der Waals surface area contributed by atoms with E-state index in [1.165, 1.54) is 0 Å². The number of aromatic nitrogens is 2. The zero-order valence-electron chi connectivity index (χ0n) is 22.4. The van der Waals surface area contributed by atoms with Crippen molar-refractivity contribution in [1.29, 1.82) is 0 Å². The lowest BCUT2D eigenvalue weighted by Gasteiger charge is -2.37. The molecule has 0 spiro atoms. The monoisotopic (exact) mass is 487 g/mol. The Kier molecular flexibility index (Phi) is 5.71. The average molecular weight is 488 g/mol. The van der Waals surface area contributed by atoms with Crippen molar-refractivity contribution in [2.24, 2.45) is 0 Å². The van der Waals surface area contributed by atoms with E-state index in [1.54, 1.807) is 0 Å². The van der Waals surface area contributed by atoms with Gasteiger partial charge < -0.3 is 14.6 Å². The lowest BCUT2D eigenvalue weighted by molar-refractivity contribution is -0.0944. The first-order valence-corrected chi connectivity index (χ1v) is 11.7. The zero-order chi connectivity index (χ0) is 27.6. The first-order chi connectivity index (χ1) is 18.7. The highest BCUT2D eigenvalue weighted by Gasteiger charge is 2.41. The molecule has 3 aromatic carbocycles. The van der Waals surface area contributed by atoms with Gasteiger partial charge in [0.15, 0.2) is 0 Å². The van der Waals surface area contributed by atoms with Gasteiger partial charge in [-0.3, -0.25) is 14.3 Å². The third-order valence-corrected chi connectivity index (χ3v) is 6.49. The van der Waals surface area contributed by atoms with Crippen LogP contribution >= 0.6 is 0 Å². The Bertz CT molecular complexity index is 1430. The van der Waals surface area contributed by atoms with Gasteiger partial charge in [-0.2, -0.15) is 0 Å². The van der Waals surface area contributed by atoms with Crippen molar-refractivity contribution in [2.45, 2.75) is 37.3 Å². The van der Waals surface area contributed by atoms with Gasteiger partial charge in [-0.1, -0.05) is 91.0 Å². The number of aliphatic hydroxyl groups is 1. The van der Waals surface area contributed by atoms with Crippen molar-refractivity contribution < 1.29 is 18.7 Å². The van der Waals surface area contributed by atoms with E-state index in [-0.39, 0.29) is 13.0 Å². The third kappa shape index (κ3) is 4.44. The Morgan fingerprint density at radius 1 is 0.972 bits per heavy atom. The highest BCUT2D eigenvalue weighted by atomic mass is 16.6. The van der Waals surface area contributed by atoms with Crippen molar-refractivity contribution in [3.8, 4) is 0 Å². The summed E-state index contributed by atoms with van der Waals surface area (Å²) in [4.78, 5) is 26.6. The van der Waals surface area contributed by atoms with E-state index in [1.807, 2.05) is 96.0 Å². The molecule has 7 nitrogen and oxygen atoms in total. The lowest BCUT2D eigenvalue weighted by Crippen LogP contribution is -2.38. The summed E-state index contributed by atoms with van der Waals surface area (Å²) < 4.78 is 36.6. The van der Waals surface area contributed by atoms with E-state index < -0.39 is 47.7 Å². The molecule has 1 fully saturated rings. The third-order valence-electron chi connectivity index (χ3n) is 6.49. The fourth-order valence-corrected chi connectivity index (χ4v) is 4.71. The molecule has 7 heteroatoms. The number of rotatable bonds is 7. The number of hydrogen-bond donors (Lipinski definition) is 2. The lowest BCUT2D eigenvalue weighted by atomic mass is 9.80. The molecule has 3 atom stereocenters. The summed E-state index contributed by atoms with van der Waals surface area (Å²) in [5.74, 6) is 0. The molecule has 4 aromatic rings. The number of H-pyrrole nitrogens is 1. The molecule has 1 saturated heterocycles. The maximum absolute atomic E-state index is 12.5. The SMILES string of the molecule is [2H]C([2H])([2H])c1cn([C@H]2C[C@@H](O)[C@@H](COC(c3ccccc3)(c3ccccc3)c3ccccc3)O2)c(=O)[nH]c1=O. The van der Waals surface area contributed by atoms with Crippen molar-refractivity contribution in [3.05, 3.63) is 140 Å². The second-order valence-corrected chi connectivity index (χ2v) is 8.73. The Labute approximate surface area is 212 Å². The predicted octanol–water partition coefficient (Wildman–Crippen LogP) is 3.50. The Balaban J connectivity index is 1.49. The van der Waals surface area contributed by atoms with Crippen LogP contribution in [0.25, 0.3) is 0 Å². The highest BCUT2D eigenvalue weighted by Crippen LogP contribution is 2.41. The minimum atomic E-state index is -2.72. The average Bonchev–Trinajstić information content (AvgIpc) is 3.30. The van der Waals surface area contributed by atoms with Crippen LogP contribution in [0.15, 0.2) is 107 Å². The largest absolute Gasteiger partial charge is 0.390 e. The molecular weight excluding hydrogens is 456 g/mol.